The fourth-order valence-electron chi connectivity index (χ4n) is 0.515. The molecule has 0 aromatic carbocycles. The van der Waals surface area contributed by atoms with Crippen LogP contribution >= 0.6 is 11.6 Å². The summed E-state index contributed by atoms with van der Waals surface area (Å²) in [5.74, 6) is 0. The maximum Gasteiger partial charge on any atom is 0.418 e. The molecule has 1 nitrogen and oxygen atoms in total. The first kappa shape index (κ1) is 8.33. The van der Waals surface area contributed by atoms with Gasteiger partial charge in [0.25, 0.3) is 0 Å². The maximum absolute atomic E-state index is 11.8. The summed E-state index contributed by atoms with van der Waals surface area (Å²) in [7, 11) is 0. The van der Waals surface area contributed by atoms with E-state index in [-0.39, 0.29) is 5.02 Å². The molecule has 11 heavy (non-hydrogen) atoms. The van der Waals surface area contributed by atoms with E-state index in [0.29, 0.717) is 6.20 Å². The summed E-state index contributed by atoms with van der Waals surface area (Å²) in [5.41, 5.74) is -0.954. The van der Waals surface area contributed by atoms with Crippen LogP contribution in [0.5, 0.6) is 0 Å². The minimum absolute atomic E-state index is 0.139. The van der Waals surface area contributed by atoms with Crippen molar-refractivity contribution in [3.05, 3.63) is 29.0 Å². The average Bonchev–Trinajstić information content (AvgIpc) is 1.86. The third kappa shape index (κ3) is 2.08. The summed E-state index contributed by atoms with van der Waals surface area (Å²) in [6.45, 7) is 0. The van der Waals surface area contributed by atoms with Gasteiger partial charge in [-0.25, -0.2) is 0 Å². The highest BCUT2D eigenvalue weighted by Crippen LogP contribution is 2.29. The smallest absolute Gasteiger partial charge is 0.263 e. The van der Waals surface area contributed by atoms with Crippen LogP contribution in [0.2, 0.25) is 5.02 Å². The van der Waals surface area contributed by atoms with Crippen LogP contribution in [-0.4, -0.2) is 4.98 Å². The first-order valence-electron chi connectivity index (χ1n) is 2.60. The van der Waals surface area contributed by atoms with Crippen LogP contribution in [0, 0.1) is 6.07 Å². The molecule has 0 atom stereocenters. The molecule has 0 bridgehead atoms. The van der Waals surface area contributed by atoms with Gasteiger partial charge in [0.1, 0.15) is 0 Å². The Hall–Kier alpha value is -0.770. The van der Waals surface area contributed by atoms with Crippen molar-refractivity contribution in [2.45, 2.75) is 6.18 Å². The van der Waals surface area contributed by atoms with Crippen molar-refractivity contribution in [3.8, 4) is 0 Å². The van der Waals surface area contributed by atoms with Crippen LogP contribution in [0.25, 0.3) is 0 Å². The van der Waals surface area contributed by atoms with Crippen molar-refractivity contribution in [2.24, 2.45) is 0 Å². The van der Waals surface area contributed by atoms with E-state index in [1.54, 1.807) is 0 Å². The first-order valence-corrected chi connectivity index (χ1v) is 2.98. The maximum atomic E-state index is 11.8. The molecule has 5 heteroatoms. The molecule has 0 unspecified atom stereocenters. The van der Waals surface area contributed by atoms with Crippen molar-refractivity contribution < 1.29 is 13.2 Å². The summed E-state index contributed by atoms with van der Waals surface area (Å²) >= 11 is 5.23. The monoisotopic (exact) mass is 180 g/mol. The Morgan fingerprint density at radius 3 is 2.36 bits per heavy atom. The van der Waals surface area contributed by atoms with Crippen LogP contribution in [0.4, 0.5) is 13.2 Å². The minimum atomic E-state index is -4.42. The molecule has 0 amide bonds. The molecular weight excluding hydrogens is 179 g/mol. The molecule has 0 fully saturated rings. The standard InChI is InChI=1S/C6H2ClF3N/c7-5-1-4(2-11-3-5)6(8,9)10/h2-3H. The third-order valence-electron chi connectivity index (χ3n) is 0.951. The topological polar surface area (TPSA) is 12.9 Å². The van der Waals surface area contributed by atoms with Gasteiger partial charge in [-0.05, 0) is 0 Å². The fraction of sp³-hybridized carbons (Fsp3) is 0.167. The predicted molar refractivity (Wildman–Crippen MR) is 33.1 cm³/mol. The van der Waals surface area contributed by atoms with Gasteiger partial charge in [-0.3, -0.25) is 4.98 Å². The van der Waals surface area contributed by atoms with E-state index in [2.05, 4.69) is 4.98 Å². The van der Waals surface area contributed by atoms with E-state index in [0.717, 1.165) is 6.20 Å². The number of hydrogen-bond acceptors (Lipinski definition) is 1. The Bertz CT molecular complexity index is 258. The normalized spacial score (nSPS) is 11.6. The number of pyridine rings is 1. The SMILES string of the molecule is FC(F)(F)c1[c]c(Cl)cnc1. The highest BCUT2D eigenvalue weighted by Gasteiger charge is 2.31. The lowest BCUT2D eigenvalue weighted by Crippen LogP contribution is -2.05. The molecule has 0 aliphatic heterocycles. The molecule has 1 aromatic heterocycles. The molecule has 0 saturated heterocycles. The zero-order chi connectivity index (χ0) is 8.48. The molecule has 1 radical (unpaired) electrons. The number of aromatic nitrogens is 1. The molecule has 1 aromatic rings. The number of hydrogen-bond donors (Lipinski definition) is 0. The van der Waals surface area contributed by atoms with Crippen LogP contribution < -0.4 is 0 Å². The Kier molecular flexibility index (Phi) is 2.04. The second-order valence-electron chi connectivity index (χ2n) is 1.79. The lowest BCUT2D eigenvalue weighted by atomic mass is 10.3. The second-order valence-corrected chi connectivity index (χ2v) is 2.20. The highest BCUT2D eigenvalue weighted by atomic mass is 35.5. The molecule has 0 aliphatic rings. The summed E-state index contributed by atoms with van der Waals surface area (Å²) in [6, 6.07) is 1.93. The highest BCUT2D eigenvalue weighted by molar-refractivity contribution is 6.30. The first-order chi connectivity index (χ1) is 5.00. The van der Waals surface area contributed by atoms with Crippen molar-refractivity contribution in [3.63, 3.8) is 0 Å². The fourth-order valence-corrected chi connectivity index (χ4v) is 0.673. The predicted octanol–water partition coefficient (Wildman–Crippen LogP) is 2.55. The summed E-state index contributed by atoms with van der Waals surface area (Å²) in [4.78, 5) is 3.27. The Labute approximate surface area is 65.8 Å². The molecule has 0 N–H and O–H groups in total. The minimum Gasteiger partial charge on any atom is -0.263 e. The molecular formula is C6H2ClF3N. The van der Waals surface area contributed by atoms with Gasteiger partial charge in [-0.2, -0.15) is 13.2 Å². The van der Waals surface area contributed by atoms with E-state index in [1.807, 2.05) is 6.07 Å². The van der Waals surface area contributed by atoms with Gasteiger partial charge in [0, 0.05) is 18.5 Å². The number of halogens is 4. The third-order valence-corrected chi connectivity index (χ3v) is 1.14. The van der Waals surface area contributed by atoms with E-state index in [1.165, 1.54) is 0 Å². The molecule has 1 rings (SSSR count). The lowest BCUT2D eigenvalue weighted by Gasteiger charge is -2.03. The van der Waals surface area contributed by atoms with E-state index in [4.69, 9.17) is 11.6 Å². The average molecular weight is 181 g/mol. The Morgan fingerprint density at radius 1 is 1.36 bits per heavy atom. The number of alkyl halides is 3. The van der Waals surface area contributed by atoms with Crippen molar-refractivity contribution >= 4 is 11.6 Å². The van der Waals surface area contributed by atoms with Gasteiger partial charge < -0.3 is 0 Å². The quantitative estimate of drug-likeness (QED) is 0.598. The van der Waals surface area contributed by atoms with E-state index in [9.17, 15) is 13.2 Å². The van der Waals surface area contributed by atoms with Gasteiger partial charge >= 0.3 is 6.18 Å². The summed E-state index contributed by atoms with van der Waals surface area (Å²) < 4.78 is 35.5. The molecule has 0 aliphatic carbocycles. The lowest BCUT2D eigenvalue weighted by molar-refractivity contribution is -0.138. The van der Waals surface area contributed by atoms with Gasteiger partial charge in [0.05, 0.1) is 10.6 Å². The molecule has 0 spiro atoms. The van der Waals surface area contributed by atoms with Crippen molar-refractivity contribution in [2.75, 3.05) is 0 Å². The van der Waals surface area contributed by atoms with Gasteiger partial charge in [0.2, 0.25) is 0 Å². The van der Waals surface area contributed by atoms with Crippen molar-refractivity contribution in [1.29, 1.82) is 0 Å². The zero-order valence-corrected chi connectivity index (χ0v) is 5.87. The van der Waals surface area contributed by atoms with Crippen molar-refractivity contribution in [1.82, 2.24) is 4.98 Å². The van der Waals surface area contributed by atoms with E-state index >= 15 is 0 Å². The Balaban J connectivity index is 3.06. The van der Waals surface area contributed by atoms with Crippen LogP contribution in [0.15, 0.2) is 12.4 Å². The molecule has 59 valence electrons. The number of rotatable bonds is 0. The van der Waals surface area contributed by atoms with Crippen LogP contribution in [0.3, 0.4) is 0 Å². The zero-order valence-electron chi connectivity index (χ0n) is 5.11. The summed E-state index contributed by atoms with van der Waals surface area (Å²) in [5, 5.41) is -0.139. The second kappa shape index (κ2) is 2.70. The number of nitrogens with zero attached hydrogens (tertiary/aromatic N) is 1. The van der Waals surface area contributed by atoms with E-state index < -0.39 is 11.7 Å². The summed E-state index contributed by atoms with van der Waals surface area (Å²) in [6.07, 6.45) is -2.65. The molecule has 1 heterocycles. The molecule has 0 saturated carbocycles. The van der Waals surface area contributed by atoms with Crippen LogP contribution in [-0.2, 0) is 6.18 Å². The largest absolute Gasteiger partial charge is 0.418 e. The van der Waals surface area contributed by atoms with Gasteiger partial charge in [-0.1, -0.05) is 11.6 Å². The van der Waals surface area contributed by atoms with Gasteiger partial charge in [0.15, 0.2) is 0 Å². The van der Waals surface area contributed by atoms with Crippen LogP contribution in [0.1, 0.15) is 5.56 Å². The Morgan fingerprint density at radius 2 is 2.00 bits per heavy atom. The van der Waals surface area contributed by atoms with Gasteiger partial charge in [-0.15, -0.1) is 0 Å².